The average Bonchev–Trinajstić information content (AvgIpc) is 2.57. The first-order chi connectivity index (χ1) is 13.0. The molecule has 0 fully saturated rings. The summed E-state index contributed by atoms with van der Waals surface area (Å²) in [5, 5.41) is 4.11. The van der Waals surface area contributed by atoms with Crippen LogP contribution in [0.4, 0.5) is 0 Å². The Hall–Kier alpha value is -2.04. The summed E-state index contributed by atoms with van der Waals surface area (Å²) in [7, 11) is 0. The number of amides is 2. The molecule has 0 unspecified atom stereocenters. The number of benzene rings is 2. The molecule has 4 nitrogen and oxygen atoms in total. The molecule has 2 aromatic rings. The quantitative estimate of drug-likeness (QED) is 0.724. The van der Waals surface area contributed by atoms with Crippen LogP contribution in [0.3, 0.4) is 0 Å². The van der Waals surface area contributed by atoms with Gasteiger partial charge in [0.25, 0.3) is 0 Å². The lowest BCUT2D eigenvalue weighted by Gasteiger charge is -2.31. The minimum atomic E-state index is -0.634. The van der Waals surface area contributed by atoms with Gasteiger partial charge in [0.1, 0.15) is 6.04 Å². The van der Waals surface area contributed by atoms with Crippen molar-refractivity contribution in [3.63, 3.8) is 0 Å². The molecule has 150 valence electrons. The highest BCUT2D eigenvalue weighted by Gasteiger charge is 2.28. The summed E-state index contributed by atoms with van der Waals surface area (Å²) in [5.41, 5.74) is 1.28. The van der Waals surface area contributed by atoms with Crippen LogP contribution in [0.2, 0.25) is 10.0 Å². The van der Waals surface area contributed by atoms with E-state index >= 15 is 0 Å². The lowest BCUT2D eigenvalue weighted by Crippen LogP contribution is -2.52. The smallest absolute Gasteiger partial charge is 0.242 e. The molecular formula is C22H26Cl2N2O2. The van der Waals surface area contributed by atoms with Gasteiger partial charge in [0.05, 0.1) is 6.42 Å². The molecule has 1 atom stereocenters. The van der Waals surface area contributed by atoms with Gasteiger partial charge >= 0.3 is 0 Å². The zero-order chi connectivity index (χ0) is 20.9. The average molecular weight is 421 g/mol. The van der Waals surface area contributed by atoms with Crippen LogP contribution < -0.4 is 5.32 Å². The number of nitrogens with zero attached hydrogens (tertiary/aromatic N) is 1. The third-order valence-corrected chi connectivity index (χ3v) is 4.62. The van der Waals surface area contributed by atoms with E-state index in [2.05, 4.69) is 5.32 Å². The van der Waals surface area contributed by atoms with Crippen LogP contribution >= 0.6 is 23.2 Å². The molecule has 2 rings (SSSR count). The Balaban J connectivity index is 2.26. The second kappa shape index (κ2) is 9.44. The molecule has 2 amide bonds. The van der Waals surface area contributed by atoms with Gasteiger partial charge in [-0.25, -0.2) is 0 Å². The van der Waals surface area contributed by atoms with Crippen molar-refractivity contribution >= 4 is 35.0 Å². The molecule has 0 aliphatic carbocycles. The molecule has 0 heterocycles. The number of hydrogen-bond donors (Lipinski definition) is 1. The molecular weight excluding hydrogens is 395 g/mol. The minimum absolute atomic E-state index is 0.154. The molecule has 0 radical (unpaired) electrons. The van der Waals surface area contributed by atoms with Gasteiger partial charge in [-0.1, -0.05) is 47.5 Å². The molecule has 1 N–H and O–H groups in total. The van der Waals surface area contributed by atoms with E-state index < -0.39 is 6.04 Å². The van der Waals surface area contributed by atoms with Crippen molar-refractivity contribution in [2.75, 3.05) is 0 Å². The van der Waals surface area contributed by atoms with Crippen molar-refractivity contribution < 1.29 is 9.59 Å². The Morgan fingerprint density at radius 1 is 1.00 bits per heavy atom. The molecule has 0 aliphatic rings. The maximum absolute atomic E-state index is 13.1. The summed E-state index contributed by atoms with van der Waals surface area (Å²) in [4.78, 5) is 27.4. The lowest BCUT2D eigenvalue weighted by atomic mass is 10.1. The normalized spacial score (nSPS) is 12.4. The van der Waals surface area contributed by atoms with Crippen molar-refractivity contribution in [3.05, 3.63) is 69.7 Å². The van der Waals surface area contributed by atoms with Gasteiger partial charge in [-0.15, -0.1) is 0 Å². The molecule has 0 spiro atoms. The third-order valence-electron chi connectivity index (χ3n) is 4.15. The van der Waals surface area contributed by atoms with Crippen molar-refractivity contribution in [1.29, 1.82) is 0 Å². The van der Waals surface area contributed by atoms with Gasteiger partial charge in [-0.2, -0.15) is 0 Å². The Morgan fingerprint density at radius 2 is 1.54 bits per heavy atom. The predicted octanol–water partition coefficient (Wildman–Crippen LogP) is 4.87. The van der Waals surface area contributed by atoms with Crippen molar-refractivity contribution in [2.24, 2.45) is 0 Å². The number of carbonyl (C=O) groups is 2. The van der Waals surface area contributed by atoms with E-state index in [1.165, 1.54) is 0 Å². The van der Waals surface area contributed by atoms with Crippen molar-refractivity contribution in [2.45, 2.75) is 52.2 Å². The number of rotatable bonds is 6. The van der Waals surface area contributed by atoms with E-state index in [-0.39, 0.29) is 23.8 Å². The van der Waals surface area contributed by atoms with E-state index in [0.29, 0.717) is 16.6 Å². The monoisotopic (exact) mass is 420 g/mol. The number of nitrogens with one attached hydrogen (secondary N) is 1. The zero-order valence-corrected chi connectivity index (χ0v) is 18.1. The second-order valence-electron chi connectivity index (χ2n) is 7.87. The van der Waals surface area contributed by atoms with Gasteiger partial charge in [0, 0.05) is 22.1 Å². The lowest BCUT2D eigenvalue weighted by molar-refractivity contribution is -0.140. The molecule has 2 aromatic carbocycles. The fourth-order valence-electron chi connectivity index (χ4n) is 2.81. The highest BCUT2D eigenvalue weighted by molar-refractivity contribution is 6.30. The van der Waals surface area contributed by atoms with Crippen LogP contribution in [-0.2, 0) is 22.6 Å². The van der Waals surface area contributed by atoms with Gasteiger partial charge < -0.3 is 10.2 Å². The van der Waals surface area contributed by atoms with E-state index in [4.69, 9.17) is 23.2 Å². The minimum Gasteiger partial charge on any atom is -0.350 e. The van der Waals surface area contributed by atoms with Crippen molar-refractivity contribution in [1.82, 2.24) is 10.2 Å². The zero-order valence-electron chi connectivity index (χ0n) is 16.6. The highest BCUT2D eigenvalue weighted by Crippen LogP contribution is 2.18. The van der Waals surface area contributed by atoms with Crippen LogP contribution in [0.5, 0.6) is 0 Å². The SMILES string of the molecule is C[C@@H](C(=O)NC(C)(C)C)N(Cc1cccc(Cl)c1)C(=O)Cc1cccc(Cl)c1. The fourth-order valence-corrected chi connectivity index (χ4v) is 3.24. The first kappa shape index (κ1) is 22.3. The largest absolute Gasteiger partial charge is 0.350 e. The Bertz CT molecular complexity index is 846. The second-order valence-corrected chi connectivity index (χ2v) is 8.75. The first-order valence-electron chi connectivity index (χ1n) is 9.15. The highest BCUT2D eigenvalue weighted by atomic mass is 35.5. The Labute approximate surface area is 176 Å². The summed E-state index contributed by atoms with van der Waals surface area (Å²) in [5.74, 6) is -0.354. The van der Waals surface area contributed by atoms with E-state index in [1.807, 2.05) is 45.0 Å². The van der Waals surface area contributed by atoms with E-state index in [0.717, 1.165) is 11.1 Å². The summed E-state index contributed by atoms with van der Waals surface area (Å²) in [6.07, 6.45) is 0.161. The first-order valence-corrected chi connectivity index (χ1v) is 9.91. The topological polar surface area (TPSA) is 49.4 Å². The molecule has 0 saturated heterocycles. The maximum Gasteiger partial charge on any atom is 0.242 e. The van der Waals surface area contributed by atoms with Gasteiger partial charge in [-0.05, 0) is 63.1 Å². The summed E-state index contributed by atoms with van der Waals surface area (Å²) >= 11 is 12.1. The van der Waals surface area contributed by atoms with E-state index in [1.54, 1.807) is 36.1 Å². The predicted molar refractivity (Wildman–Crippen MR) is 115 cm³/mol. The summed E-state index contributed by atoms with van der Waals surface area (Å²) in [6, 6.07) is 13.8. The van der Waals surface area contributed by atoms with Crippen LogP contribution in [0.1, 0.15) is 38.8 Å². The van der Waals surface area contributed by atoms with Gasteiger partial charge in [-0.3, -0.25) is 9.59 Å². The third kappa shape index (κ3) is 6.84. The molecule has 0 aromatic heterocycles. The van der Waals surface area contributed by atoms with Crippen LogP contribution in [0.25, 0.3) is 0 Å². The molecule has 0 aliphatic heterocycles. The van der Waals surface area contributed by atoms with Crippen LogP contribution in [0.15, 0.2) is 48.5 Å². The van der Waals surface area contributed by atoms with Crippen LogP contribution in [-0.4, -0.2) is 28.3 Å². The summed E-state index contributed by atoms with van der Waals surface area (Å²) in [6.45, 7) is 7.76. The fraction of sp³-hybridized carbons (Fsp3) is 0.364. The molecule has 0 bridgehead atoms. The summed E-state index contributed by atoms with van der Waals surface area (Å²) < 4.78 is 0. The van der Waals surface area contributed by atoms with Gasteiger partial charge in [0.15, 0.2) is 0 Å². The maximum atomic E-state index is 13.1. The van der Waals surface area contributed by atoms with E-state index in [9.17, 15) is 9.59 Å². The van der Waals surface area contributed by atoms with Gasteiger partial charge in [0.2, 0.25) is 11.8 Å². The molecule has 0 saturated carbocycles. The number of hydrogen-bond acceptors (Lipinski definition) is 2. The Kier molecular flexibility index (Phi) is 7.50. The Morgan fingerprint density at radius 3 is 2.07 bits per heavy atom. The molecule has 28 heavy (non-hydrogen) atoms. The number of carbonyl (C=O) groups excluding carboxylic acids is 2. The van der Waals surface area contributed by atoms with Crippen molar-refractivity contribution in [3.8, 4) is 0 Å². The standard InChI is InChI=1S/C22H26Cl2N2O2/c1-15(21(28)25-22(2,3)4)26(14-17-8-6-10-19(24)12-17)20(27)13-16-7-5-9-18(23)11-16/h5-12,15H,13-14H2,1-4H3,(H,25,28)/t15-/m0/s1. The number of halogens is 2. The molecule has 6 heteroatoms. The van der Waals surface area contributed by atoms with Crippen LogP contribution in [0, 0.1) is 0 Å².